The highest BCUT2D eigenvalue weighted by atomic mass is 32.2. The molecule has 1 aliphatic rings. The Labute approximate surface area is 231 Å². The molecule has 1 heterocycles. The number of nitrogens with two attached hydrogens (primary N) is 1. The Morgan fingerprint density at radius 2 is 1.65 bits per heavy atom. The van der Waals surface area contributed by atoms with Gasteiger partial charge in [-0.05, 0) is 46.0 Å². The van der Waals surface area contributed by atoms with Crippen molar-refractivity contribution in [1.29, 1.82) is 0 Å². The van der Waals surface area contributed by atoms with E-state index in [0.29, 0.717) is 11.1 Å². The van der Waals surface area contributed by atoms with Crippen LogP contribution in [0.25, 0.3) is 10.8 Å². The Balaban J connectivity index is 1.46. The molecule has 0 bridgehead atoms. The van der Waals surface area contributed by atoms with E-state index in [1.807, 2.05) is 54.6 Å². The lowest BCUT2D eigenvalue weighted by atomic mass is 9.92. The van der Waals surface area contributed by atoms with Gasteiger partial charge in [0.1, 0.15) is 5.37 Å². The normalized spacial score (nSPS) is 19.4. The lowest BCUT2D eigenvalue weighted by molar-refractivity contribution is -0.124. The Bertz CT molecular complexity index is 1660. The number of carbonyl (C=O) groups excluding carboxylic acids is 1. The lowest BCUT2D eigenvalue weighted by Gasteiger charge is -2.41. The molecule has 5 rings (SSSR count). The largest absolute Gasteiger partial charge is 0.507 e. The quantitative estimate of drug-likeness (QED) is 0.240. The van der Waals surface area contributed by atoms with E-state index in [1.54, 1.807) is 36.4 Å². The van der Waals surface area contributed by atoms with Crippen molar-refractivity contribution in [2.75, 3.05) is 6.54 Å². The second-order valence-electron chi connectivity index (χ2n) is 9.83. The number of ether oxygens (including phenoxy) is 1. The minimum Gasteiger partial charge on any atom is -0.450 e. The van der Waals surface area contributed by atoms with Crippen molar-refractivity contribution in [2.24, 2.45) is 5.73 Å². The molecule has 3 atom stereocenters. The smallest absolute Gasteiger partial charge is 0.450 e. The van der Waals surface area contributed by atoms with E-state index in [2.05, 4.69) is 10.6 Å². The Hall–Kier alpha value is -4.25. The van der Waals surface area contributed by atoms with Crippen LogP contribution in [-0.4, -0.2) is 43.9 Å². The number of amides is 1. The van der Waals surface area contributed by atoms with Gasteiger partial charge in [-0.2, -0.15) is 0 Å². The summed E-state index contributed by atoms with van der Waals surface area (Å²) in [5.41, 5.74) is 6.28. The van der Waals surface area contributed by atoms with Gasteiger partial charge in [-0.25, -0.2) is 13.2 Å². The monoisotopic (exact) mass is 559 g/mol. The van der Waals surface area contributed by atoms with Crippen molar-refractivity contribution >= 4 is 32.7 Å². The average molecular weight is 560 g/mol. The Morgan fingerprint density at radius 1 is 0.975 bits per heavy atom. The van der Waals surface area contributed by atoms with Crippen molar-refractivity contribution in [3.05, 3.63) is 114 Å². The molecule has 0 spiro atoms. The van der Waals surface area contributed by atoms with Crippen molar-refractivity contribution in [1.82, 2.24) is 10.6 Å². The molecule has 4 aromatic carbocycles. The van der Waals surface area contributed by atoms with E-state index in [0.717, 1.165) is 16.3 Å². The highest BCUT2D eigenvalue weighted by Gasteiger charge is 2.47. The Kier molecular flexibility index (Phi) is 7.57. The first kappa shape index (κ1) is 27.3. The summed E-state index contributed by atoms with van der Waals surface area (Å²) in [6, 6.07) is 27.5. The fourth-order valence-corrected chi connectivity index (χ4v) is 6.81. The van der Waals surface area contributed by atoms with Gasteiger partial charge in [-0.15, -0.1) is 0 Å². The van der Waals surface area contributed by atoms with Crippen LogP contribution in [-0.2, 0) is 32.2 Å². The fraction of sp³-hybridized carbons (Fsp3) is 0.200. The zero-order valence-electron chi connectivity index (χ0n) is 21.5. The van der Waals surface area contributed by atoms with Gasteiger partial charge in [0.05, 0.1) is 17.5 Å². The molecule has 40 heavy (non-hydrogen) atoms. The number of carboxylic acid groups (broad SMARTS) is 1. The summed E-state index contributed by atoms with van der Waals surface area (Å²) < 4.78 is 33.4. The van der Waals surface area contributed by atoms with Crippen LogP contribution in [0.15, 0.2) is 102 Å². The summed E-state index contributed by atoms with van der Waals surface area (Å²) >= 11 is 0. The molecular weight excluding hydrogens is 530 g/mol. The van der Waals surface area contributed by atoms with Gasteiger partial charge in [0.25, 0.3) is 0 Å². The van der Waals surface area contributed by atoms with Crippen molar-refractivity contribution in [3.8, 4) is 0 Å². The zero-order chi connectivity index (χ0) is 28.3. The molecule has 10 heteroatoms. The number of sulfone groups is 1. The SMILES string of the molecule is N[C@@H](Cc1ccccc1)C(=O)NCC1(OC(=O)O)Cc2ccccc2C(S(=O)(=O)c2ccc3ccccc3c2)N1. The van der Waals surface area contributed by atoms with Crippen molar-refractivity contribution in [2.45, 2.75) is 34.9 Å². The predicted molar refractivity (Wildman–Crippen MR) is 150 cm³/mol. The van der Waals surface area contributed by atoms with Gasteiger partial charge in [-0.1, -0.05) is 84.9 Å². The fourth-order valence-electron chi connectivity index (χ4n) is 5.06. The first-order chi connectivity index (χ1) is 19.2. The highest BCUT2D eigenvalue weighted by molar-refractivity contribution is 7.91. The van der Waals surface area contributed by atoms with Crippen molar-refractivity contribution < 1.29 is 27.9 Å². The molecule has 0 aromatic heterocycles. The topological polar surface area (TPSA) is 148 Å². The van der Waals surface area contributed by atoms with E-state index >= 15 is 0 Å². The molecule has 0 fully saturated rings. The minimum absolute atomic E-state index is 0.00653. The van der Waals surface area contributed by atoms with Gasteiger partial charge in [-0.3, -0.25) is 10.1 Å². The van der Waals surface area contributed by atoms with E-state index in [-0.39, 0.29) is 24.3 Å². The molecule has 206 valence electrons. The molecule has 0 saturated heterocycles. The number of hydrogen-bond donors (Lipinski definition) is 4. The van der Waals surface area contributed by atoms with Crippen LogP contribution in [0.2, 0.25) is 0 Å². The maximum absolute atomic E-state index is 14.0. The highest BCUT2D eigenvalue weighted by Crippen LogP contribution is 2.37. The first-order valence-electron chi connectivity index (χ1n) is 12.7. The molecule has 5 N–H and O–H groups in total. The summed E-state index contributed by atoms with van der Waals surface area (Å²) in [4.78, 5) is 24.8. The van der Waals surface area contributed by atoms with Crippen LogP contribution in [0.5, 0.6) is 0 Å². The third kappa shape index (κ3) is 5.69. The minimum atomic E-state index is -4.09. The number of benzene rings is 4. The average Bonchev–Trinajstić information content (AvgIpc) is 2.95. The van der Waals surface area contributed by atoms with Crippen LogP contribution in [0.4, 0.5) is 4.79 Å². The number of nitrogens with one attached hydrogen (secondary N) is 2. The van der Waals surface area contributed by atoms with E-state index < -0.39 is 39.0 Å². The van der Waals surface area contributed by atoms with Gasteiger partial charge in [0, 0.05) is 6.42 Å². The van der Waals surface area contributed by atoms with E-state index in [4.69, 9.17) is 10.5 Å². The van der Waals surface area contributed by atoms with Crippen LogP contribution < -0.4 is 16.4 Å². The van der Waals surface area contributed by atoms with Crippen LogP contribution in [0.1, 0.15) is 22.1 Å². The second-order valence-corrected chi connectivity index (χ2v) is 11.9. The summed E-state index contributed by atoms with van der Waals surface area (Å²) in [5.74, 6) is -0.521. The first-order valence-corrected chi connectivity index (χ1v) is 14.3. The maximum atomic E-state index is 14.0. The number of fused-ring (bicyclic) bond motifs is 2. The standard InChI is InChI=1S/C30H29N3O6S/c31-26(16-20-8-2-1-3-9-20)27(34)32-19-30(39-29(35)36)18-23-12-6-7-13-25(23)28(33-30)40(37,38)24-15-14-21-10-4-5-11-22(21)17-24/h1-15,17,26,28,33H,16,18-19,31H2,(H,32,34)(H,35,36)/t26-,28?,30?/m0/s1. The third-order valence-electron chi connectivity index (χ3n) is 7.03. The summed E-state index contributed by atoms with van der Waals surface area (Å²) in [6.45, 7) is -0.335. The molecule has 9 nitrogen and oxygen atoms in total. The summed E-state index contributed by atoms with van der Waals surface area (Å²) in [7, 11) is -4.09. The number of carbonyl (C=O) groups is 2. The Morgan fingerprint density at radius 3 is 2.40 bits per heavy atom. The summed E-state index contributed by atoms with van der Waals surface area (Å²) in [6.07, 6.45) is -1.35. The molecule has 1 amide bonds. The molecule has 0 aliphatic carbocycles. The molecule has 0 radical (unpaired) electrons. The van der Waals surface area contributed by atoms with Gasteiger partial charge >= 0.3 is 6.16 Å². The summed E-state index contributed by atoms with van der Waals surface area (Å²) in [5, 5.41) is 15.5. The molecule has 0 saturated carbocycles. The van der Waals surface area contributed by atoms with Crippen LogP contribution >= 0.6 is 0 Å². The number of hydrogen-bond acceptors (Lipinski definition) is 7. The molecule has 4 aromatic rings. The number of rotatable bonds is 8. The predicted octanol–water partition coefficient (Wildman–Crippen LogP) is 3.54. The lowest BCUT2D eigenvalue weighted by Crippen LogP contribution is -2.62. The van der Waals surface area contributed by atoms with Crippen LogP contribution in [0.3, 0.4) is 0 Å². The van der Waals surface area contributed by atoms with E-state index in [9.17, 15) is 23.1 Å². The van der Waals surface area contributed by atoms with Crippen LogP contribution in [0, 0.1) is 0 Å². The van der Waals surface area contributed by atoms with Gasteiger partial charge < -0.3 is 20.9 Å². The third-order valence-corrected chi connectivity index (χ3v) is 8.94. The van der Waals surface area contributed by atoms with E-state index in [1.165, 1.54) is 6.07 Å². The molecule has 2 unspecified atom stereocenters. The van der Waals surface area contributed by atoms with Gasteiger partial charge in [0.2, 0.25) is 5.91 Å². The second kappa shape index (κ2) is 11.1. The maximum Gasteiger partial charge on any atom is 0.507 e. The molecule has 1 aliphatic heterocycles. The molecular formula is C30H29N3O6S. The van der Waals surface area contributed by atoms with Gasteiger partial charge in [0.15, 0.2) is 15.6 Å². The van der Waals surface area contributed by atoms with Crippen molar-refractivity contribution in [3.63, 3.8) is 0 Å². The zero-order valence-corrected chi connectivity index (χ0v) is 22.3.